The molecule has 38 heavy (non-hydrogen) atoms. The van der Waals surface area contributed by atoms with Crippen LogP contribution in [0.15, 0.2) is 42.6 Å². The fraction of sp³-hybridized carbons (Fsp3) is 0.536. The van der Waals surface area contributed by atoms with Gasteiger partial charge in [0.1, 0.15) is 0 Å². The number of piperidine rings is 1. The highest BCUT2D eigenvalue weighted by molar-refractivity contribution is 7.91. The van der Waals surface area contributed by atoms with E-state index in [1.54, 1.807) is 42.6 Å². The molecule has 2 aromatic rings. The monoisotopic (exact) mass is 560 g/mol. The van der Waals surface area contributed by atoms with Crippen LogP contribution in [0.5, 0.6) is 0 Å². The molecule has 1 aliphatic carbocycles. The van der Waals surface area contributed by atoms with Gasteiger partial charge in [-0.05, 0) is 55.5 Å². The van der Waals surface area contributed by atoms with Crippen molar-refractivity contribution in [1.29, 1.82) is 0 Å². The summed E-state index contributed by atoms with van der Waals surface area (Å²) in [4.78, 5) is 34.3. The molecule has 0 radical (unpaired) electrons. The fourth-order valence-electron chi connectivity index (χ4n) is 5.66. The van der Waals surface area contributed by atoms with Crippen LogP contribution in [-0.2, 0) is 14.6 Å². The summed E-state index contributed by atoms with van der Waals surface area (Å²) in [5.41, 5.74) is 0.906. The lowest BCUT2D eigenvalue weighted by atomic mass is 9.91. The van der Waals surface area contributed by atoms with Gasteiger partial charge in [-0.2, -0.15) is 0 Å². The molecular formula is C28H37ClN4O4S. The second-order valence-corrected chi connectivity index (χ2v) is 13.3. The summed E-state index contributed by atoms with van der Waals surface area (Å²) < 4.78 is 25.8. The van der Waals surface area contributed by atoms with Gasteiger partial charge in [0.15, 0.2) is 15.7 Å². The van der Waals surface area contributed by atoms with Crippen molar-refractivity contribution in [3.63, 3.8) is 0 Å². The van der Waals surface area contributed by atoms with E-state index in [2.05, 4.69) is 10.3 Å². The maximum atomic E-state index is 13.2. The highest BCUT2D eigenvalue weighted by Gasteiger charge is 2.39. The first-order chi connectivity index (χ1) is 18.1. The van der Waals surface area contributed by atoms with Crippen molar-refractivity contribution >= 4 is 44.8 Å². The number of halogens is 1. The molecule has 1 aliphatic heterocycles. The third-order valence-electron chi connectivity index (χ3n) is 7.87. The molecule has 2 amide bonds. The number of benzene rings is 1. The van der Waals surface area contributed by atoms with Gasteiger partial charge >= 0.3 is 0 Å². The van der Waals surface area contributed by atoms with E-state index >= 15 is 0 Å². The maximum Gasteiger partial charge on any atom is 0.255 e. The van der Waals surface area contributed by atoms with Crippen molar-refractivity contribution in [2.24, 2.45) is 5.92 Å². The average Bonchev–Trinajstić information content (AvgIpc) is 3.18. The number of aromatic nitrogens is 1. The first kappa shape index (κ1) is 28.4. The molecule has 1 saturated carbocycles. The summed E-state index contributed by atoms with van der Waals surface area (Å²) >= 11 is 6.04. The number of pyridine rings is 1. The van der Waals surface area contributed by atoms with Gasteiger partial charge in [-0.15, -0.1) is 0 Å². The van der Waals surface area contributed by atoms with Crippen molar-refractivity contribution in [2.45, 2.75) is 62.7 Å². The van der Waals surface area contributed by atoms with Gasteiger partial charge in [-0.1, -0.05) is 43.4 Å². The molecule has 4 rings (SSSR count). The van der Waals surface area contributed by atoms with E-state index in [0.29, 0.717) is 35.1 Å². The lowest BCUT2D eigenvalue weighted by Gasteiger charge is -2.39. The van der Waals surface area contributed by atoms with Crippen LogP contribution in [0.2, 0.25) is 5.02 Å². The Kier molecular flexibility index (Phi) is 9.31. The number of hydrogen-bond acceptors (Lipinski definition) is 6. The van der Waals surface area contributed by atoms with E-state index in [9.17, 15) is 18.0 Å². The van der Waals surface area contributed by atoms with E-state index in [0.717, 1.165) is 25.7 Å². The number of carbonyl (C=O) groups excluding carboxylic acids is 2. The minimum Gasteiger partial charge on any atom is -0.354 e. The van der Waals surface area contributed by atoms with Crippen LogP contribution in [0.3, 0.4) is 0 Å². The van der Waals surface area contributed by atoms with Gasteiger partial charge in [0, 0.05) is 55.6 Å². The number of hydrogen-bond donors (Lipinski definition) is 1. The van der Waals surface area contributed by atoms with Crippen LogP contribution in [0.1, 0.15) is 61.7 Å². The summed E-state index contributed by atoms with van der Waals surface area (Å²) in [5, 5.41) is 2.65. The smallest absolute Gasteiger partial charge is 0.255 e. The number of carbonyl (C=O) groups is 2. The Hall–Kier alpha value is -2.65. The molecular weight excluding hydrogens is 524 g/mol. The molecule has 2 atom stereocenters. The molecule has 0 bridgehead atoms. The molecule has 206 valence electrons. The summed E-state index contributed by atoms with van der Waals surface area (Å²) in [5.74, 6) is -0.0631. The molecule has 1 saturated heterocycles. The van der Waals surface area contributed by atoms with Gasteiger partial charge in [-0.3, -0.25) is 9.59 Å². The van der Waals surface area contributed by atoms with Gasteiger partial charge in [0.25, 0.3) is 5.91 Å². The number of sulfone groups is 1. The first-order valence-electron chi connectivity index (χ1n) is 13.3. The second-order valence-electron chi connectivity index (χ2n) is 10.6. The van der Waals surface area contributed by atoms with Crippen LogP contribution >= 0.6 is 11.6 Å². The van der Waals surface area contributed by atoms with Gasteiger partial charge in [0.05, 0.1) is 10.9 Å². The van der Waals surface area contributed by atoms with Crippen molar-refractivity contribution in [3.05, 3.63) is 53.2 Å². The quantitative estimate of drug-likeness (QED) is 0.488. The SMILES string of the molecule is CN(C(=O)CC1CCN(c2ncccc2NC(=O)c2cccc(Cl)c2)CC1S(C)(=O)=O)C1CCCCCC1. The minimum absolute atomic E-state index is 0.0244. The van der Waals surface area contributed by atoms with Gasteiger partial charge < -0.3 is 15.1 Å². The largest absolute Gasteiger partial charge is 0.354 e. The maximum absolute atomic E-state index is 13.2. The zero-order chi connectivity index (χ0) is 27.3. The summed E-state index contributed by atoms with van der Waals surface area (Å²) in [7, 11) is -1.58. The van der Waals surface area contributed by atoms with Crippen molar-refractivity contribution in [1.82, 2.24) is 9.88 Å². The van der Waals surface area contributed by atoms with E-state index in [-0.39, 0.29) is 36.7 Å². The van der Waals surface area contributed by atoms with E-state index in [1.165, 1.54) is 19.1 Å². The van der Waals surface area contributed by atoms with E-state index < -0.39 is 15.1 Å². The minimum atomic E-state index is -3.44. The molecule has 0 spiro atoms. The van der Waals surface area contributed by atoms with Crippen molar-refractivity contribution < 1.29 is 18.0 Å². The van der Waals surface area contributed by atoms with Crippen LogP contribution in [0.4, 0.5) is 11.5 Å². The van der Waals surface area contributed by atoms with Crippen LogP contribution < -0.4 is 10.2 Å². The normalized spacial score (nSPS) is 21.0. The third kappa shape index (κ3) is 7.05. The first-order valence-corrected chi connectivity index (χ1v) is 15.7. The molecule has 1 aromatic carbocycles. The highest BCUT2D eigenvalue weighted by atomic mass is 35.5. The van der Waals surface area contributed by atoms with E-state index in [1.807, 2.05) is 16.8 Å². The number of anilines is 2. The Morgan fingerprint density at radius 2 is 1.84 bits per heavy atom. The zero-order valence-corrected chi connectivity index (χ0v) is 23.7. The van der Waals surface area contributed by atoms with Gasteiger partial charge in [0.2, 0.25) is 5.91 Å². The fourth-order valence-corrected chi connectivity index (χ4v) is 7.24. The summed E-state index contributed by atoms with van der Waals surface area (Å²) in [6.07, 6.45) is 10.3. The molecule has 2 aliphatic rings. The number of nitrogens with zero attached hydrogens (tertiary/aromatic N) is 3. The highest BCUT2D eigenvalue weighted by Crippen LogP contribution is 2.33. The van der Waals surface area contributed by atoms with Crippen molar-refractivity contribution in [2.75, 3.05) is 36.6 Å². The predicted molar refractivity (Wildman–Crippen MR) is 151 cm³/mol. The predicted octanol–water partition coefficient (Wildman–Crippen LogP) is 4.80. The topological polar surface area (TPSA) is 99.7 Å². The lowest BCUT2D eigenvalue weighted by molar-refractivity contribution is -0.133. The molecule has 10 heteroatoms. The molecule has 2 fully saturated rings. The molecule has 1 N–H and O–H groups in total. The number of rotatable bonds is 7. The van der Waals surface area contributed by atoms with Crippen molar-refractivity contribution in [3.8, 4) is 0 Å². The Morgan fingerprint density at radius 3 is 2.53 bits per heavy atom. The number of amides is 2. The standard InChI is InChI=1S/C28H37ClN4O4S/c1-32(23-11-5-3-4-6-12-23)26(34)18-20-14-16-33(19-25(20)38(2,36)37)27-24(13-8-15-30-27)31-28(35)21-9-7-10-22(29)17-21/h7-10,13,15,17,20,23,25H,3-6,11-12,14,16,18-19H2,1-2H3,(H,31,35). The Bertz CT molecular complexity index is 1250. The Morgan fingerprint density at radius 1 is 1.11 bits per heavy atom. The van der Waals surface area contributed by atoms with E-state index in [4.69, 9.17) is 11.6 Å². The molecule has 8 nitrogen and oxygen atoms in total. The third-order valence-corrected chi connectivity index (χ3v) is 9.74. The summed E-state index contributed by atoms with van der Waals surface area (Å²) in [6.45, 7) is 0.745. The number of nitrogens with one attached hydrogen (secondary N) is 1. The molecule has 2 heterocycles. The summed E-state index contributed by atoms with van der Waals surface area (Å²) in [6, 6.07) is 10.4. The molecule has 1 aromatic heterocycles. The van der Waals surface area contributed by atoms with Gasteiger partial charge in [-0.25, -0.2) is 13.4 Å². The second kappa shape index (κ2) is 12.5. The Labute approximate surface area is 230 Å². The lowest BCUT2D eigenvalue weighted by Crippen LogP contribution is -2.49. The Balaban J connectivity index is 1.48. The molecule has 2 unspecified atom stereocenters. The van der Waals surface area contributed by atoms with Crippen LogP contribution in [0, 0.1) is 5.92 Å². The zero-order valence-electron chi connectivity index (χ0n) is 22.1. The average molecular weight is 561 g/mol. The van der Waals surface area contributed by atoms with Crippen LogP contribution in [-0.4, -0.2) is 67.8 Å². The van der Waals surface area contributed by atoms with Crippen LogP contribution in [0.25, 0.3) is 0 Å².